The molecule has 0 aliphatic carbocycles. The van der Waals surface area contributed by atoms with E-state index < -0.39 is 0 Å². The van der Waals surface area contributed by atoms with Gasteiger partial charge in [0.1, 0.15) is 10.8 Å². The highest BCUT2D eigenvalue weighted by molar-refractivity contribution is 7.15. The summed E-state index contributed by atoms with van der Waals surface area (Å²) in [5.41, 5.74) is 1.33. The average Bonchev–Trinajstić information content (AvgIpc) is 2.85. The summed E-state index contributed by atoms with van der Waals surface area (Å²) in [6.45, 7) is 3.84. The van der Waals surface area contributed by atoms with Gasteiger partial charge >= 0.3 is 0 Å². The lowest BCUT2D eigenvalue weighted by molar-refractivity contribution is 0.102. The van der Waals surface area contributed by atoms with E-state index in [9.17, 15) is 4.79 Å². The minimum Gasteiger partial charge on any atom is -0.373 e. The topological polar surface area (TPSA) is 79.8 Å². The maximum Gasteiger partial charge on any atom is 0.257 e. The molecule has 0 spiro atoms. The van der Waals surface area contributed by atoms with Crippen LogP contribution in [0.2, 0.25) is 0 Å². The number of aryl methyl sites for hydroxylation is 2. The van der Waals surface area contributed by atoms with E-state index in [4.69, 9.17) is 0 Å². The number of amides is 1. The molecule has 2 rings (SSSR count). The summed E-state index contributed by atoms with van der Waals surface area (Å²) in [7, 11) is 1.77. The molecule has 0 fully saturated rings. The first kappa shape index (κ1) is 13.4. The lowest BCUT2D eigenvalue weighted by Gasteiger charge is -2.05. The number of nitrogens with one attached hydrogen (secondary N) is 2. The van der Waals surface area contributed by atoms with E-state index >= 15 is 0 Å². The lowest BCUT2D eigenvalue weighted by Crippen LogP contribution is -2.13. The third-order valence-corrected chi connectivity index (χ3v) is 3.44. The molecule has 7 heteroatoms. The molecule has 0 aromatic carbocycles. The van der Waals surface area contributed by atoms with Crippen LogP contribution in [0.25, 0.3) is 0 Å². The second-order valence-corrected chi connectivity index (χ2v) is 5.00. The molecule has 2 aromatic rings. The van der Waals surface area contributed by atoms with E-state index in [1.807, 2.05) is 13.8 Å². The Morgan fingerprint density at radius 2 is 2.16 bits per heavy atom. The predicted octanol–water partition coefficient (Wildman–Crippen LogP) is 2.10. The molecular weight excluding hydrogens is 262 g/mol. The highest BCUT2D eigenvalue weighted by Gasteiger charge is 2.11. The zero-order valence-electron chi connectivity index (χ0n) is 11.0. The smallest absolute Gasteiger partial charge is 0.257 e. The van der Waals surface area contributed by atoms with E-state index in [2.05, 4.69) is 25.8 Å². The standard InChI is InChI=1S/C12H15N5OS/c1-4-10-16-17-12(19-10)15-11(18)8-5-7(2)14-9(6-8)13-3/h5-6H,4H2,1-3H3,(H,13,14)(H,15,17,18). The Labute approximate surface area is 115 Å². The van der Waals surface area contributed by atoms with Crippen LogP contribution in [0.15, 0.2) is 12.1 Å². The second-order valence-electron chi connectivity index (χ2n) is 3.94. The quantitative estimate of drug-likeness (QED) is 0.894. The van der Waals surface area contributed by atoms with Crippen molar-refractivity contribution in [1.82, 2.24) is 15.2 Å². The molecule has 0 aliphatic rings. The molecule has 0 saturated carbocycles. The predicted molar refractivity (Wildman–Crippen MR) is 75.8 cm³/mol. The van der Waals surface area contributed by atoms with E-state index in [1.165, 1.54) is 11.3 Å². The van der Waals surface area contributed by atoms with Crippen LogP contribution in [0.3, 0.4) is 0 Å². The highest BCUT2D eigenvalue weighted by Crippen LogP contribution is 2.17. The first-order valence-electron chi connectivity index (χ1n) is 5.92. The highest BCUT2D eigenvalue weighted by atomic mass is 32.1. The van der Waals surface area contributed by atoms with Crippen molar-refractivity contribution in [1.29, 1.82) is 0 Å². The van der Waals surface area contributed by atoms with Gasteiger partial charge in [-0.15, -0.1) is 10.2 Å². The number of hydrogen-bond donors (Lipinski definition) is 2. The third kappa shape index (κ3) is 3.25. The largest absolute Gasteiger partial charge is 0.373 e. The minimum atomic E-state index is -0.208. The molecule has 0 unspecified atom stereocenters. The molecule has 0 bridgehead atoms. The fourth-order valence-corrected chi connectivity index (χ4v) is 2.22. The van der Waals surface area contributed by atoms with Crippen LogP contribution in [-0.4, -0.2) is 28.1 Å². The summed E-state index contributed by atoms with van der Waals surface area (Å²) in [6.07, 6.45) is 0.811. The van der Waals surface area contributed by atoms with Gasteiger partial charge in [0.2, 0.25) is 5.13 Å². The minimum absolute atomic E-state index is 0.208. The molecule has 0 atom stereocenters. The Kier molecular flexibility index (Phi) is 4.06. The summed E-state index contributed by atoms with van der Waals surface area (Å²) in [5.74, 6) is 0.456. The van der Waals surface area contributed by atoms with Crippen molar-refractivity contribution in [3.63, 3.8) is 0 Å². The molecule has 6 nitrogen and oxygen atoms in total. The van der Waals surface area contributed by atoms with E-state index in [1.54, 1.807) is 19.2 Å². The van der Waals surface area contributed by atoms with E-state index in [0.29, 0.717) is 16.5 Å². The van der Waals surface area contributed by atoms with Crippen molar-refractivity contribution in [3.8, 4) is 0 Å². The van der Waals surface area contributed by atoms with Crippen molar-refractivity contribution >= 4 is 28.2 Å². The summed E-state index contributed by atoms with van der Waals surface area (Å²) < 4.78 is 0. The molecule has 2 heterocycles. The van der Waals surface area contributed by atoms with Crippen molar-refractivity contribution in [3.05, 3.63) is 28.4 Å². The van der Waals surface area contributed by atoms with Crippen molar-refractivity contribution in [2.24, 2.45) is 0 Å². The monoisotopic (exact) mass is 277 g/mol. The molecule has 2 N–H and O–H groups in total. The number of aromatic nitrogens is 3. The van der Waals surface area contributed by atoms with Gasteiger partial charge in [0.05, 0.1) is 0 Å². The number of hydrogen-bond acceptors (Lipinski definition) is 6. The van der Waals surface area contributed by atoms with Gasteiger partial charge in [-0.2, -0.15) is 0 Å². The third-order valence-electron chi connectivity index (χ3n) is 2.46. The Morgan fingerprint density at radius 3 is 2.79 bits per heavy atom. The molecule has 0 radical (unpaired) electrons. The Balaban J connectivity index is 2.17. The molecule has 0 aliphatic heterocycles. The first-order chi connectivity index (χ1) is 9.12. The summed E-state index contributed by atoms with van der Waals surface area (Å²) >= 11 is 1.38. The van der Waals surface area contributed by atoms with Crippen molar-refractivity contribution in [2.45, 2.75) is 20.3 Å². The van der Waals surface area contributed by atoms with Gasteiger partial charge in [0, 0.05) is 18.3 Å². The Morgan fingerprint density at radius 1 is 1.37 bits per heavy atom. The lowest BCUT2D eigenvalue weighted by atomic mass is 10.2. The van der Waals surface area contributed by atoms with Crippen LogP contribution < -0.4 is 10.6 Å². The van der Waals surface area contributed by atoms with Gasteiger partial charge in [0.15, 0.2) is 0 Å². The number of carbonyl (C=O) groups excluding carboxylic acids is 1. The summed E-state index contributed by atoms with van der Waals surface area (Å²) in [6, 6.07) is 3.43. The van der Waals surface area contributed by atoms with Crippen LogP contribution in [0, 0.1) is 6.92 Å². The number of rotatable bonds is 4. The van der Waals surface area contributed by atoms with Crippen LogP contribution in [0.4, 0.5) is 10.9 Å². The Hall–Kier alpha value is -2.02. The maximum atomic E-state index is 12.1. The Bertz CT molecular complexity index is 596. The van der Waals surface area contributed by atoms with Gasteiger partial charge in [-0.05, 0) is 25.5 Å². The van der Waals surface area contributed by atoms with Crippen LogP contribution >= 0.6 is 11.3 Å². The normalized spacial score (nSPS) is 10.3. The number of nitrogens with zero attached hydrogens (tertiary/aromatic N) is 3. The summed E-state index contributed by atoms with van der Waals surface area (Å²) in [5, 5.41) is 15.0. The van der Waals surface area contributed by atoms with Crippen LogP contribution in [0.5, 0.6) is 0 Å². The van der Waals surface area contributed by atoms with Crippen LogP contribution in [-0.2, 0) is 6.42 Å². The molecular formula is C12H15N5OS. The van der Waals surface area contributed by atoms with Crippen LogP contribution in [0.1, 0.15) is 28.0 Å². The van der Waals surface area contributed by atoms with Gasteiger partial charge in [-0.3, -0.25) is 10.1 Å². The average molecular weight is 277 g/mol. The first-order valence-corrected chi connectivity index (χ1v) is 6.74. The van der Waals surface area contributed by atoms with Crippen molar-refractivity contribution < 1.29 is 4.79 Å². The number of pyridine rings is 1. The maximum absolute atomic E-state index is 12.1. The zero-order valence-corrected chi connectivity index (χ0v) is 11.8. The van der Waals surface area contributed by atoms with E-state index in [-0.39, 0.29) is 5.91 Å². The zero-order chi connectivity index (χ0) is 13.8. The molecule has 2 aromatic heterocycles. The fourth-order valence-electron chi connectivity index (χ4n) is 1.54. The molecule has 0 saturated heterocycles. The van der Waals surface area contributed by atoms with Gasteiger partial charge in [0.25, 0.3) is 5.91 Å². The van der Waals surface area contributed by atoms with Gasteiger partial charge in [-0.25, -0.2) is 4.98 Å². The van der Waals surface area contributed by atoms with Crippen molar-refractivity contribution in [2.75, 3.05) is 17.7 Å². The summed E-state index contributed by atoms with van der Waals surface area (Å²) in [4.78, 5) is 16.3. The number of carbonyl (C=O) groups is 1. The van der Waals surface area contributed by atoms with E-state index in [0.717, 1.165) is 17.1 Å². The van der Waals surface area contributed by atoms with Gasteiger partial charge < -0.3 is 5.32 Å². The molecule has 19 heavy (non-hydrogen) atoms. The molecule has 100 valence electrons. The second kappa shape index (κ2) is 5.75. The SMILES string of the molecule is CCc1nnc(NC(=O)c2cc(C)nc(NC)c2)s1. The number of anilines is 2. The fraction of sp³-hybridized carbons (Fsp3) is 0.333. The van der Waals surface area contributed by atoms with Gasteiger partial charge in [-0.1, -0.05) is 18.3 Å². The molecule has 1 amide bonds.